The van der Waals surface area contributed by atoms with Crippen molar-refractivity contribution in [3.8, 4) is 11.5 Å². The highest BCUT2D eigenvalue weighted by atomic mass is 32.2. The quantitative estimate of drug-likeness (QED) is 0.662. The normalized spacial score (nSPS) is 16.6. The first kappa shape index (κ1) is 18.5. The lowest BCUT2D eigenvalue weighted by Gasteiger charge is -2.15. The van der Waals surface area contributed by atoms with E-state index in [0.717, 1.165) is 25.2 Å². The second-order valence-corrected chi connectivity index (χ2v) is 6.81. The minimum absolute atomic E-state index is 0.120. The van der Waals surface area contributed by atoms with Crippen molar-refractivity contribution in [2.45, 2.75) is 37.3 Å². The van der Waals surface area contributed by atoms with E-state index in [1.807, 2.05) is 28.8 Å². The third-order valence-corrected chi connectivity index (χ3v) is 4.95. The van der Waals surface area contributed by atoms with Crippen LogP contribution in [-0.4, -0.2) is 46.2 Å². The molecule has 0 radical (unpaired) electrons. The van der Waals surface area contributed by atoms with E-state index in [-0.39, 0.29) is 18.5 Å². The lowest BCUT2D eigenvalue weighted by Crippen LogP contribution is -2.19. The summed E-state index contributed by atoms with van der Waals surface area (Å²) in [6.45, 7) is 1.65. The predicted molar refractivity (Wildman–Crippen MR) is 96.2 cm³/mol. The number of rotatable bonds is 9. The molecule has 2 heterocycles. The number of methoxy groups -OCH3 is 1. The van der Waals surface area contributed by atoms with Crippen molar-refractivity contribution in [3.05, 3.63) is 30.1 Å². The summed E-state index contributed by atoms with van der Waals surface area (Å²) in [6, 6.07) is 7.38. The van der Waals surface area contributed by atoms with E-state index in [9.17, 15) is 4.79 Å². The minimum atomic E-state index is -0.393. The zero-order valence-electron chi connectivity index (χ0n) is 14.6. The Balaban J connectivity index is 1.72. The van der Waals surface area contributed by atoms with Gasteiger partial charge in [0.2, 0.25) is 5.91 Å². The molecule has 0 saturated carbocycles. The molecule has 1 unspecified atom stereocenters. The van der Waals surface area contributed by atoms with Gasteiger partial charge in [-0.15, -0.1) is 10.2 Å². The molecule has 2 N–H and O–H groups in total. The first-order valence-corrected chi connectivity index (χ1v) is 9.36. The number of ether oxygens (including phenoxy) is 3. The SMILES string of the molecule is COc1cccc(OCc2nnc(SCC(N)=O)n2CC2CCCO2)c1. The maximum Gasteiger partial charge on any atom is 0.227 e. The van der Waals surface area contributed by atoms with Crippen molar-refractivity contribution < 1.29 is 19.0 Å². The van der Waals surface area contributed by atoms with Crippen LogP contribution in [0.15, 0.2) is 29.4 Å². The standard InChI is InChI=1S/C17H22N4O4S/c1-23-12-4-2-5-13(8-12)25-10-16-19-20-17(26-11-15(18)22)21(16)9-14-6-3-7-24-14/h2,4-5,8,14H,3,6-7,9-11H2,1H3,(H2,18,22). The Morgan fingerprint density at radius 1 is 1.42 bits per heavy atom. The number of hydrogen-bond acceptors (Lipinski definition) is 7. The molecule has 1 aromatic carbocycles. The molecule has 26 heavy (non-hydrogen) atoms. The second-order valence-electron chi connectivity index (χ2n) is 5.87. The van der Waals surface area contributed by atoms with E-state index in [0.29, 0.717) is 23.3 Å². The van der Waals surface area contributed by atoms with Crippen LogP contribution in [0.2, 0.25) is 0 Å². The molecule has 1 aliphatic heterocycles. The largest absolute Gasteiger partial charge is 0.497 e. The Morgan fingerprint density at radius 2 is 2.27 bits per heavy atom. The fourth-order valence-corrected chi connectivity index (χ4v) is 3.39. The molecule has 1 aliphatic rings. The summed E-state index contributed by atoms with van der Waals surface area (Å²) in [7, 11) is 1.61. The van der Waals surface area contributed by atoms with Crippen molar-refractivity contribution in [1.29, 1.82) is 0 Å². The molecule has 9 heteroatoms. The molecule has 0 bridgehead atoms. The minimum Gasteiger partial charge on any atom is -0.497 e. The van der Waals surface area contributed by atoms with Crippen LogP contribution in [0.3, 0.4) is 0 Å². The van der Waals surface area contributed by atoms with E-state index >= 15 is 0 Å². The Labute approximate surface area is 156 Å². The predicted octanol–water partition coefficient (Wildman–Crippen LogP) is 1.62. The van der Waals surface area contributed by atoms with E-state index in [4.69, 9.17) is 19.9 Å². The lowest BCUT2D eigenvalue weighted by molar-refractivity contribution is -0.115. The monoisotopic (exact) mass is 378 g/mol. The van der Waals surface area contributed by atoms with Crippen molar-refractivity contribution in [3.63, 3.8) is 0 Å². The topological polar surface area (TPSA) is 101 Å². The number of primary amides is 1. The highest BCUT2D eigenvalue weighted by Crippen LogP contribution is 2.23. The van der Waals surface area contributed by atoms with Crippen molar-refractivity contribution in [2.75, 3.05) is 19.5 Å². The van der Waals surface area contributed by atoms with E-state index in [1.165, 1.54) is 11.8 Å². The smallest absolute Gasteiger partial charge is 0.227 e. The summed E-state index contributed by atoms with van der Waals surface area (Å²) in [5.74, 6) is 1.84. The van der Waals surface area contributed by atoms with Gasteiger partial charge in [0, 0.05) is 12.7 Å². The fourth-order valence-electron chi connectivity index (χ4n) is 2.68. The van der Waals surface area contributed by atoms with Crippen LogP contribution in [0.1, 0.15) is 18.7 Å². The van der Waals surface area contributed by atoms with Crippen LogP contribution in [0.25, 0.3) is 0 Å². The molecule has 0 aliphatic carbocycles. The molecular formula is C17H22N4O4S. The molecule has 1 atom stereocenters. The van der Waals surface area contributed by atoms with Gasteiger partial charge in [-0.2, -0.15) is 0 Å². The Morgan fingerprint density at radius 3 is 3.00 bits per heavy atom. The van der Waals surface area contributed by atoms with Gasteiger partial charge in [0.15, 0.2) is 11.0 Å². The molecular weight excluding hydrogens is 356 g/mol. The summed E-state index contributed by atoms with van der Waals surface area (Å²) in [5.41, 5.74) is 5.24. The third kappa shape index (κ3) is 4.89. The number of nitrogens with zero attached hydrogens (tertiary/aromatic N) is 3. The van der Waals surface area contributed by atoms with Gasteiger partial charge in [0.25, 0.3) is 0 Å². The zero-order chi connectivity index (χ0) is 18.4. The molecule has 1 aromatic heterocycles. The van der Waals surface area contributed by atoms with E-state index in [1.54, 1.807) is 7.11 Å². The summed E-state index contributed by atoms with van der Waals surface area (Å²) in [4.78, 5) is 11.1. The maximum absolute atomic E-state index is 11.1. The van der Waals surface area contributed by atoms with E-state index in [2.05, 4.69) is 10.2 Å². The second kappa shape index (κ2) is 8.91. The molecule has 2 aromatic rings. The third-order valence-electron chi connectivity index (χ3n) is 3.96. The Kier molecular flexibility index (Phi) is 6.35. The molecule has 8 nitrogen and oxygen atoms in total. The van der Waals surface area contributed by atoms with Crippen LogP contribution in [-0.2, 0) is 22.7 Å². The van der Waals surface area contributed by atoms with Crippen LogP contribution >= 0.6 is 11.8 Å². The summed E-state index contributed by atoms with van der Waals surface area (Å²) >= 11 is 1.27. The number of aromatic nitrogens is 3. The molecule has 1 fully saturated rings. The summed E-state index contributed by atoms with van der Waals surface area (Å²) in [6.07, 6.45) is 2.16. The van der Waals surface area contributed by atoms with Gasteiger partial charge in [0.1, 0.15) is 18.1 Å². The first-order valence-electron chi connectivity index (χ1n) is 8.37. The molecule has 3 rings (SSSR count). The van der Waals surface area contributed by atoms with Crippen LogP contribution in [0.4, 0.5) is 0 Å². The molecule has 140 valence electrons. The highest BCUT2D eigenvalue weighted by molar-refractivity contribution is 7.99. The Bertz CT molecular complexity index is 746. The van der Waals surface area contributed by atoms with Crippen molar-refractivity contribution >= 4 is 17.7 Å². The van der Waals surface area contributed by atoms with Gasteiger partial charge < -0.3 is 24.5 Å². The number of carbonyl (C=O) groups is 1. The molecule has 1 saturated heterocycles. The van der Waals surface area contributed by atoms with Gasteiger partial charge in [0.05, 0.1) is 25.5 Å². The van der Waals surface area contributed by atoms with Gasteiger partial charge in [-0.25, -0.2) is 0 Å². The number of hydrogen-bond donors (Lipinski definition) is 1. The number of benzene rings is 1. The molecule has 1 amide bonds. The lowest BCUT2D eigenvalue weighted by atomic mass is 10.2. The number of amides is 1. The van der Waals surface area contributed by atoms with Gasteiger partial charge >= 0.3 is 0 Å². The zero-order valence-corrected chi connectivity index (χ0v) is 15.4. The van der Waals surface area contributed by atoms with Crippen LogP contribution in [0.5, 0.6) is 11.5 Å². The Hall–Kier alpha value is -2.26. The first-order chi connectivity index (χ1) is 12.7. The fraction of sp³-hybridized carbons (Fsp3) is 0.471. The number of carbonyl (C=O) groups excluding carboxylic acids is 1. The van der Waals surface area contributed by atoms with Crippen molar-refractivity contribution in [1.82, 2.24) is 14.8 Å². The van der Waals surface area contributed by atoms with Crippen molar-refractivity contribution in [2.24, 2.45) is 5.73 Å². The average molecular weight is 378 g/mol. The van der Waals surface area contributed by atoms with Crippen LogP contribution < -0.4 is 15.2 Å². The molecule has 0 spiro atoms. The van der Waals surface area contributed by atoms with Gasteiger partial charge in [-0.05, 0) is 25.0 Å². The number of nitrogens with two attached hydrogens (primary N) is 1. The average Bonchev–Trinajstić information content (AvgIpc) is 3.29. The highest BCUT2D eigenvalue weighted by Gasteiger charge is 2.21. The summed E-state index contributed by atoms with van der Waals surface area (Å²) < 4.78 is 18.7. The van der Waals surface area contributed by atoms with Crippen LogP contribution in [0, 0.1) is 0 Å². The van der Waals surface area contributed by atoms with E-state index < -0.39 is 5.91 Å². The maximum atomic E-state index is 11.1. The summed E-state index contributed by atoms with van der Waals surface area (Å²) in [5, 5.41) is 9.05. The number of thioether (sulfide) groups is 1. The van der Waals surface area contributed by atoms with Gasteiger partial charge in [-0.3, -0.25) is 4.79 Å². The van der Waals surface area contributed by atoms with Gasteiger partial charge in [-0.1, -0.05) is 17.8 Å².